The number of aliphatic hydroxyl groups is 2. The second-order valence-corrected chi connectivity index (χ2v) is 11.7. The van der Waals surface area contributed by atoms with E-state index in [4.69, 9.17) is 0 Å². The summed E-state index contributed by atoms with van der Waals surface area (Å²) in [6.45, 7) is 9.83. The SMILES string of the molecule is CC(C)CCC[C@@H](C)[C@H]1CC[C@H]2[C@@H]3CC=C4C[C@@H](O)CC[C@]4(O)[C@H]3CC[C@]12C. The maximum atomic E-state index is 11.7. The average Bonchev–Trinajstić information content (AvgIpc) is 2.99. The van der Waals surface area contributed by atoms with Crippen LogP contribution >= 0.6 is 0 Å². The van der Waals surface area contributed by atoms with Crippen molar-refractivity contribution in [3.63, 3.8) is 0 Å². The van der Waals surface area contributed by atoms with Crippen LogP contribution in [0.4, 0.5) is 0 Å². The van der Waals surface area contributed by atoms with Crippen LogP contribution in [-0.4, -0.2) is 21.9 Å². The molecular weight excluding hydrogens is 344 g/mol. The van der Waals surface area contributed by atoms with Crippen molar-refractivity contribution in [2.24, 2.45) is 40.9 Å². The third kappa shape index (κ3) is 3.41. The van der Waals surface area contributed by atoms with E-state index in [1.54, 1.807) is 0 Å². The third-order valence-electron chi connectivity index (χ3n) is 9.76. The lowest BCUT2D eigenvalue weighted by Crippen LogP contribution is -2.55. The van der Waals surface area contributed by atoms with Crippen molar-refractivity contribution in [2.75, 3.05) is 0 Å². The number of rotatable bonds is 5. The summed E-state index contributed by atoms with van der Waals surface area (Å²) in [7, 11) is 0. The van der Waals surface area contributed by atoms with Crippen molar-refractivity contribution >= 4 is 0 Å². The summed E-state index contributed by atoms with van der Waals surface area (Å²) >= 11 is 0. The second-order valence-electron chi connectivity index (χ2n) is 11.7. The van der Waals surface area contributed by atoms with Gasteiger partial charge in [-0.2, -0.15) is 0 Å². The molecule has 28 heavy (non-hydrogen) atoms. The van der Waals surface area contributed by atoms with E-state index in [0.29, 0.717) is 23.7 Å². The lowest BCUT2D eigenvalue weighted by atomic mass is 9.49. The van der Waals surface area contributed by atoms with Crippen LogP contribution in [-0.2, 0) is 0 Å². The molecule has 0 unspecified atom stereocenters. The molecule has 0 spiro atoms. The smallest absolute Gasteiger partial charge is 0.0889 e. The lowest BCUT2D eigenvalue weighted by molar-refractivity contribution is -0.112. The largest absolute Gasteiger partial charge is 0.393 e. The van der Waals surface area contributed by atoms with E-state index in [-0.39, 0.29) is 6.10 Å². The number of allylic oxidation sites excluding steroid dienone is 1. The normalized spacial score (nSPS) is 46.5. The van der Waals surface area contributed by atoms with Crippen molar-refractivity contribution in [1.29, 1.82) is 0 Å². The standard InChI is InChI=1S/C26H44O2/c1-17(2)6-5-7-18(3)22-10-11-23-21-9-8-19-16-20(27)12-15-26(19,28)24(21)13-14-25(22,23)4/h8,17-18,20-24,27-28H,5-7,9-16H2,1-4H3/t18-,20+,21+,22-,23+,24+,25-,26-/m1/s1. The van der Waals surface area contributed by atoms with E-state index < -0.39 is 5.60 Å². The highest BCUT2D eigenvalue weighted by Gasteiger charge is 2.59. The number of fused-ring (bicyclic) bond motifs is 5. The van der Waals surface area contributed by atoms with Crippen molar-refractivity contribution in [1.82, 2.24) is 0 Å². The summed E-state index contributed by atoms with van der Waals surface area (Å²) in [6, 6.07) is 0. The first-order chi connectivity index (χ1) is 13.3. The van der Waals surface area contributed by atoms with Crippen molar-refractivity contribution in [3.05, 3.63) is 11.6 Å². The molecule has 4 aliphatic rings. The van der Waals surface area contributed by atoms with Crippen LogP contribution in [0.15, 0.2) is 11.6 Å². The van der Waals surface area contributed by atoms with Crippen LogP contribution in [0.25, 0.3) is 0 Å². The Morgan fingerprint density at radius 1 is 1.04 bits per heavy atom. The molecule has 8 atom stereocenters. The predicted octanol–water partition coefficient (Wildman–Crippen LogP) is 6.11. The summed E-state index contributed by atoms with van der Waals surface area (Å²) in [5.41, 5.74) is 1.05. The van der Waals surface area contributed by atoms with Crippen LogP contribution in [0.3, 0.4) is 0 Å². The topological polar surface area (TPSA) is 40.5 Å². The van der Waals surface area contributed by atoms with E-state index in [2.05, 4.69) is 33.8 Å². The van der Waals surface area contributed by atoms with Gasteiger partial charge in [0.05, 0.1) is 11.7 Å². The molecule has 0 aromatic heterocycles. The van der Waals surface area contributed by atoms with Gasteiger partial charge in [0.25, 0.3) is 0 Å². The van der Waals surface area contributed by atoms with Crippen LogP contribution in [0.1, 0.15) is 98.3 Å². The first-order valence-electron chi connectivity index (χ1n) is 12.4. The quantitative estimate of drug-likeness (QED) is 0.558. The monoisotopic (exact) mass is 388 g/mol. The molecule has 0 aromatic carbocycles. The summed E-state index contributed by atoms with van der Waals surface area (Å²) in [5.74, 6) is 4.43. The van der Waals surface area contributed by atoms with Crippen LogP contribution < -0.4 is 0 Å². The summed E-state index contributed by atoms with van der Waals surface area (Å²) in [6.07, 6.45) is 14.9. The summed E-state index contributed by atoms with van der Waals surface area (Å²) in [4.78, 5) is 0. The van der Waals surface area contributed by atoms with Gasteiger partial charge in [0, 0.05) is 0 Å². The molecule has 0 aromatic rings. The molecule has 0 heterocycles. The van der Waals surface area contributed by atoms with E-state index in [1.807, 2.05) is 0 Å². The average molecular weight is 389 g/mol. The first-order valence-corrected chi connectivity index (χ1v) is 12.4. The Morgan fingerprint density at radius 3 is 2.57 bits per heavy atom. The van der Waals surface area contributed by atoms with Crippen molar-refractivity contribution in [3.8, 4) is 0 Å². The van der Waals surface area contributed by atoms with E-state index in [0.717, 1.165) is 42.9 Å². The third-order valence-corrected chi connectivity index (χ3v) is 9.76. The molecule has 3 fully saturated rings. The van der Waals surface area contributed by atoms with Gasteiger partial charge in [0.15, 0.2) is 0 Å². The van der Waals surface area contributed by atoms with Gasteiger partial charge < -0.3 is 10.2 Å². The van der Waals surface area contributed by atoms with E-state index in [9.17, 15) is 10.2 Å². The van der Waals surface area contributed by atoms with Gasteiger partial charge in [0.2, 0.25) is 0 Å². The molecule has 0 aliphatic heterocycles. The number of hydrogen-bond acceptors (Lipinski definition) is 2. The van der Waals surface area contributed by atoms with E-state index >= 15 is 0 Å². The Labute approximate surface area is 173 Å². The lowest BCUT2D eigenvalue weighted by Gasteiger charge is -2.57. The summed E-state index contributed by atoms with van der Waals surface area (Å²) in [5, 5.41) is 21.8. The predicted molar refractivity (Wildman–Crippen MR) is 116 cm³/mol. The molecule has 0 radical (unpaired) electrons. The molecule has 3 saturated carbocycles. The molecule has 2 heteroatoms. The van der Waals surface area contributed by atoms with Crippen molar-refractivity contribution < 1.29 is 10.2 Å². The van der Waals surface area contributed by atoms with Crippen LogP contribution in [0, 0.1) is 40.9 Å². The molecule has 2 nitrogen and oxygen atoms in total. The minimum atomic E-state index is -0.607. The molecule has 160 valence electrons. The van der Waals surface area contributed by atoms with Crippen LogP contribution in [0.5, 0.6) is 0 Å². The number of hydrogen-bond donors (Lipinski definition) is 2. The highest BCUT2D eigenvalue weighted by atomic mass is 16.3. The van der Waals surface area contributed by atoms with Gasteiger partial charge in [-0.1, -0.05) is 53.0 Å². The minimum absolute atomic E-state index is 0.237. The Bertz CT molecular complexity index is 595. The highest BCUT2D eigenvalue weighted by molar-refractivity contribution is 5.28. The summed E-state index contributed by atoms with van der Waals surface area (Å²) < 4.78 is 0. The zero-order valence-electron chi connectivity index (χ0n) is 18.8. The van der Waals surface area contributed by atoms with Crippen LogP contribution in [0.2, 0.25) is 0 Å². The zero-order valence-corrected chi connectivity index (χ0v) is 18.8. The maximum absolute atomic E-state index is 11.7. The van der Waals surface area contributed by atoms with Gasteiger partial charge >= 0.3 is 0 Å². The second kappa shape index (κ2) is 7.73. The fraction of sp³-hybridized carbons (Fsp3) is 0.923. The van der Waals surface area contributed by atoms with Crippen molar-refractivity contribution in [2.45, 2.75) is 110 Å². The maximum Gasteiger partial charge on any atom is 0.0889 e. The molecule has 2 N–H and O–H groups in total. The van der Waals surface area contributed by atoms with Gasteiger partial charge in [0.1, 0.15) is 0 Å². The molecule has 0 amide bonds. The molecule has 0 bridgehead atoms. The molecule has 4 aliphatic carbocycles. The zero-order chi connectivity index (χ0) is 20.1. The highest BCUT2D eigenvalue weighted by Crippen LogP contribution is 2.65. The molecule has 4 rings (SSSR count). The Kier molecular flexibility index (Phi) is 5.77. The Balaban J connectivity index is 1.49. The Morgan fingerprint density at radius 2 is 1.82 bits per heavy atom. The fourth-order valence-corrected chi connectivity index (χ4v) is 8.28. The Hall–Kier alpha value is -0.340. The van der Waals surface area contributed by atoms with E-state index in [1.165, 1.54) is 50.5 Å². The number of aliphatic hydroxyl groups excluding tert-OH is 1. The molecular formula is C26H44O2. The fourth-order valence-electron chi connectivity index (χ4n) is 8.28. The van der Waals surface area contributed by atoms with Gasteiger partial charge in [-0.15, -0.1) is 0 Å². The van der Waals surface area contributed by atoms with Gasteiger partial charge in [-0.05, 0) is 97.9 Å². The van der Waals surface area contributed by atoms with Gasteiger partial charge in [-0.25, -0.2) is 0 Å². The molecule has 0 saturated heterocycles. The minimum Gasteiger partial charge on any atom is -0.393 e. The van der Waals surface area contributed by atoms with Gasteiger partial charge in [-0.3, -0.25) is 0 Å². The first kappa shape index (κ1) is 20.9.